The molecule has 1 N–H and O–H groups in total. The molecule has 1 rings (SSSR count). The molecule has 0 unspecified atom stereocenters. The maximum absolute atomic E-state index is 5.48. The summed E-state index contributed by atoms with van der Waals surface area (Å²) in [7, 11) is 5.87. The minimum absolute atomic E-state index is 0.583. The van der Waals surface area contributed by atoms with Gasteiger partial charge in [0.1, 0.15) is 0 Å². The van der Waals surface area contributed by atoms with Gasteiger partial charge in [-0.25, -0.2) is 4.98 Å². The number of rotatable bonds is 6. The molecular formula is C10H18N4O. The van der Waals surface area contributed by atoms with E-state index in [-0.39, 0.29) is 0 Å². The number of hydrogen-bond acceptors (Lipinski definition) is 5. The fraction of sp³-hybridized carbons (Fsp3) is 0.600. The zero-order valence-electron chi connectivity index (χ0n) is 9.53. The third-order valence-corrected chi connectivity index (χ3v) is 1.85. The number of ether oxygens (including phenoxy) is 1. The number of aromatic nitrogens is 2. The molecule has 5 nitrogen and oxygen atoms in total. The van der Waals surface area contributed by atoms with Crippen LogP contribution in [0.5, 0.6) is 5.88 Å². The summed E-state index contributed by atoms with van der Waals surface area (Å²) in [6.45, 7) is 1.70. The van der Waals surface area contributed by atoms with Gasteiger partial charge in [-0.1, -0.05) is 0 Å². The first-order valence-corrected chi connectivity index (χ1v) is 5.00. The van der Waals surface area contributed by atoms with E-state index >= 15 is 0 Å². The lowest BCUT2D eigenvalue weighted by atomic mass is 10.4. The van der Waals surface area contributed by atoms with Gasteiger partial charge in [-0.15, -0.1) is 0 Å². The fourth-order valence-corrected chi connectivity index (χ4v) is 1.10. The van der Waals surface area contributed by atoms with Crippen molar-refractivity contribution in [1.82, 2.24) is 14.9 Å². The molecule has 0 amide bonds. The van der Waals surface area contributed by atoms with Crippen LogP contribution >= 0.6 is 0 Å². The molecule has 0 bridgehead atoms. The van der Waals surface area contributed by atoms with Gasteiger partial charge < -0.3 is 15.0 Å². The van der Waals surface area contributed by atoms with Crippen LogP contribution in [0.2, 0.25) is 0 Å². The smallest absolute Gasteiger partial charge is 0.225 e. The highest BCUT2D eigenvalue weighted by atomic mass is 16.5. The standard InChI is InChI=1S/C10H18N4O/c1-11-10-12-6-5-9(13-10)15-8-4-7-14(2)3/h5-6H,4,7-8H2,1-3H3,(H,11,12,13). The quantitative estimate of drug-likeness (QED) is 0.705. The number of nitrogens with one attached hydrogen (secondary N) is 1. The molecule has 1 heterocycles. The van der Waals surface area contributed by atoms with Crippen molar-refractivity contribution in [3.05, 3.63) is 12.3 Å². The summed E-state index contributed by atoms with van der Waals surface area (Å²) in [5.74, 6) is 1.20. The summed E-state index contributed by atoms with van der Waals surface area (Å²) in [6.07, 6.45) is 2.67. The fourth-order valence-electron chi connectivity index (χ4n) is 1.10. The van der Waals surface area contributed by atoms with Crippen LogP contribution in [-0.2, 0) is 0 Å². The molecule has 5 heteroatoms. The minimum Gasteiger partial charge on any atom is -0.477 e. The molecule has 0 spiro atoms. The van der Waals surface area contributed by atoms with Gasteiger partial charge in [-0.3, -0.25) is 0 Å². The first-order chi connectivity index (χ1) is 7.22. The van der Waals surface area contributed by atoms with Crippen molar-refractivity contribution in [3.63, 3.8) is 0 Å². The van der Waals surface area contributed by atoms with Crippen LogP contribution in [0, 0.1) is 0 Å². The van der Waals surface area contributed by atoms with Crippen molar-refractivity contribution in [3.8, 4) is 5.88 Å². The summed E-state index contributed by atoms with van der Waals surface area (Å²) in [6, 6.07) is 1.76. The van der Waals surface area contributed by atoms with Gasteiger partial charge in [0.2, 0.25) is 11.8 Å². The summed E-state index contributed by atoms with van der Waals surface area (Å²) < 4.78 is 5.48. The second-order valence-electron chi connectivity index (χ2n) is 3.47. The Hall–Kier alpha value is -1.36. The predicted molar refractivity (Wildman–Crippen MR) is 60.2 cm³/mol. The molecule has 0 atom stereocenters. The molecule has 0 aromatic carbocycles. The Balaban J connectivity index is 2.30. The molecule has 0 saturated carbocycles. The van der Waals surface area contributed by atoms with E-state index in [1.807, 2.05) is 14.1 Å². The van der Waals surface area contributed by atoms with Crippen molar-refractivity contribution in [2.75, 3.05) is 39.6 Å². The number of hydrogen-bond donors (Lipinski definition) is 1. The van der Waals surface area contributed by atoms with E-state index in [0.717, 1.165) is 13.0 Å². The molecule has 1 aromatic rings. The molecule has 84 valence electrons. The van der Waals surface area contributed by atoms with E-state index in [9.17, 15) is 0 Å². The maximum atomic E-state index is 5.48. The highest BCUT2D eigenvalue weighted by Gasteiger charge is 1.98. The van der Waals surface area contributed by atoms with Gasteiger partial charge in [0.25, 0.3) is 0 Å². The lowest BCUT2D eigenvalue weighted by molar-refractivity contribution is 0.273. The van der Waals surface area contributed by atoms with E-state index in [0.29, 0.717) is 18.4 Å². The zero-order chi connectivity index (χ0) is 11.1. The average molecular weight is 210 g/mol. The highest BCUT2D eigenvalue weighted by Crippen LogP contribution is 2.07. The average Bonchev–Trinajstić information content (AvgIpc) is 2.24. The predicted octanol–water partition coefficient (Wildman–Crippen LogP) is 0.849. The Bertz CT molecular complexity index is 291. The van der Waals surface area contributed by atoms with Crippen molar-refractivity contribution in [2.45, 2.75) is 6.42 Å². The lowest BCUT2D eigenvalue weighted by Gasteiger charge is -2.09. The molecule has 15 heavy (non-hydrogen) atoms. The van der Waals surface area contributed by atoms with Gasteiger partial charge >= 0.3 is 0 Å². The second kappa shape index (κ2) is 6.19. The van der Waals surface area contributed by atoms with E-state index in [1.165, 1.54) is 0 Å². The third-order valence-electron chi connectivity index (χ3n) is 1.85. The summed E-state index contributed by atoms with van der Waals surface area (Å²) in [4.78, 5) is 10.3. The van der Waals surface area contributed by atoms with Gasteiger partial charge in [-0.2, -0.15) is 4.98 Å². The Morgan fingerprint density at radius 1 is 1.47 bits per heavy atom. The molecule has 0 fully saturated rings. The first-order valence-electron chi connectivity index (χ1n) is 5.00. The van der Waals surface area contributed by atoms with Crippen LogP contribution in [0.15, 0.2) is 12.3 Å². The van der Waals surface area contributed by atoms with Crippen LogP contribution in [0.25, 0.3) is 0 Å². The van der Waals surface area contributed by atoms with Crippen LogP contribution in [-0.4, -0.2) is 49.2 Å². The SMILES string of the molecule is CNc1nccc(OCCCN(C)C)n1. The van der Waals surface area contributed by atoms with E-state index in [1.54, 1.807) is 19.3 Å². The molecule has 0 saturated heterocycles. The highest BCUT2D eigenvalue weighted by molar-refractivity contribution is 5.25. The van der Waals surface area contributed by atoms with Crippen molar-refractivity contribution in [2.24, 2.45) is 0 Å². The molecule has 0 radical (unpaired) electrons. The first kappa shape index (κ1) is 11.7. The van der Waals surface area contributed by atoms with Crippen molar-refractivity contribution in [1.29, 1.82) is 0 Å². The monoisotopic (exact) mass is 210 g/mol. The second-order valence-corrected chi connectivity index (χ2v) is 3.47. The van der Waals surface area contributed by atoms with Gasteiger partial charge in [0.15, 0.2) is 0 Å². The Morgan fingerprint density at radius 3 is 2.93 bits per heavy atom. The van der Waals surface area contributed by atoms with Crippen LogP contribution < -0.4 is 10.1 Å². The molecular weight excluding hydrogens is 192 g/mol. The third kappa shape index (κ3) is 4.60. The Labute approximate surface area is 90.5 Å². The maximum Gasteiger partial charge on any atom is 0.225 e. The molecule has 1 aromatic heterocycles. The summed E-state index contributed by atoms with van der Waals surface area (Å²) in [5.41, 5.74) is 0. The van der Waals surface area contributed by atoms with Crippen molar-refractivity contribution >= 4 is 5.95 Å². The van der Waals surface area contributed by atoms with E-state index in [4.69, 9.17) is 4.74 Å². The molecule has 0 aliphatic rings. The van der Waals surface area contributed by atoms with Crippen LogP contribution in [0.4, 0.5) is 5.95 Å². The summed E-state index contributed by atoms with van der Waals surface area (Å²) in [5, 5.41) is 2.87. The normalized spacial score (nSPS) is 10.4. The largest absolute Gasteiger partial charge is 0.477 e. The van der Waals surface area contributed by atoms with Gasteiger partial charge in [0.05, 0.1) is 6.61 Å². The van der Waals surface area contributed by atoms with E-state index in [2.05, 4.69) is 20.2 Å². The number of nitrogens with zero attached hydrogens (tertiary/aromatic N) is 3. The van der Waals surface area contributed by atoms with Crippen LogP contribution in [0.1, 0.15) is 6.42 Å². The minimum atomic E-state index is 0.583. The lowest BCUT2D eigenvalue weighted by Crippen LogP contribution is -2.15. The molecule has 0 aliphatic carbocycles. The van der Waals surface area contributed by atoms with Crippen molar-refractivity contribution < 1.29 is 4.74 Å². The van der Waals surface area contributed by atoms with Gasteiger partial charge in [-0.05, 0) is 20.5 Å². The Morgan fingerprint density at radius 2 is 2.27 bits per heavy atom. The van der Waals surface area contributed by atoms with E-state index < -0.39 is 0 Å². The van der Waals surface area contributed by atoms with Gasteiger partial charge in [0, 0.05) is 25.9 Å². The Kier molecular flexibility index (Phi) is 4.83. The number of anilines is 1. The van der Waals surface area contributed by atoms with Crippen LogP contribution in [0.3, 0.4) is 0 Å². The molecule has 0 aliphatic heterocycles. The summed E-state index contributed by atoms with van der Waals surface area (Å²) >= 11 is 0. The zero-order valence-corrected chi connectivity index (χ0v) is 9.53. The topological polar surface area (TPSA) is 50.3 Å².